The number of aryl methyl sites for hydroxylation is 1. The van der Waals surface area contributed by atoms with Crippen molar-refractivity contribution in [2.45, 2.75) is 51.6 Å². The van der Waals surface area contributed by atoms with Crippen molar-refractivity contribution in [1.29, 1.82) is 0 Å². The van der Waals surface area contributed by atoms with Gasteiger partial charge in [-0.3, -0.25) is 9.10 Å². The third kappa shape index (κ3) is 3.43. The maximum absolute atomic E-state index is 12.7. The summed E-state index contributed by atoms with van der Waals surface area (Å²) in [7, 11) is -3.55. The average Bonchev–Trinajstić information content (AvgIpc) is 3.10. The molecule has 5 nitrogen and oxygen atoms in total. The van der Waals surface area contributed by atoms with Crippen molar-refractivity contribution in [3.05, 3.63) is 29.8 Å². The molecule has 2 aliphatic carbocycles. The second kappa shape index (κ2) is 6.39. The van der Waals surface area contributed by atoms with Crippen LogP contribution in [0, 0.1) is 18.8 Å². The van der Waals surface area contributed by atoms with Crippen LogP contribution in [0.5, 0.6) is 0 Å². The highest BCUT2D eigenvalue weighted by molar-refractivity contribution is 7.92. The summed E-state index contributed by atoms with van der Waals surface area (Å²) in [5, 5.41) is 3.10. The molecule has 0 saturated heterocycles. The van der Waals surface area contributed by atoms with E-state index in [-0.39, 0.29) is 11.9 Å². The number of carbonyl (C=O) groups is 1. The molecule has 0 radical (unpaired) electrons. The lowest BCUT2D eigenvalue weighted by molar-refractivity contribution is -0.122. The van der Waals surface area contributed by atoms with Gasteiger partial charge in [0.05, 0.1) is 11.9 Å². The molecule has 2 bridgehead atoms. The molecule has 132 valence electrons. The van der Waals surface area contributed by atoms with Crippen LogP contribution in [0.4, 0.5) is 5.69 Å². The third-order valence-electron chi connectivity index (χ3n) is 5.44. The highest BCUT2D eigenvalue weighted by Gasteiger charge is 2.41. The van der Waals surface area contributed by atoms with Crippen molar-refractivity contribution in [3.8, 4) is 0 Å². The minimum atomic E-state index is -3.55. The number of amides is 1. The maximum atomic E-state index is 12.7. The normalized spacial score (nSPS) is 27.0. The second-order valence-corrected chi connectivity index (χ2v) is 9.22. The summed E-state index contributed by atoms with van der Waals surface area (Å²) in [5.41, 5.74) is 1.57. The lowest BCUT2D eigenvalue weighted by Crippen LogP contribution is -2.51. The van der Waals surface area contributed by atoms with E-state index in [9.17, 15) is 13.2 Å². The van der Waals surface area contributed by atoms with Crippen molar-refractivity contribution in [2.75, 3.05) is 10.6 Å². The molecule has 4 atom stereocenters. The van der Waals surface area contributed by atoms with E-state index in [2.05, 4.69) is 5.32 Å². The summed E-state index contributed by atoms with van der Waals surface area (Å²) in [6, 6.07) is 6.65. The van der Waals surface area contributed by atoms with Gasteiger partial charge >= 0.3 is 0 Å². The standard InChI is InChI=1S/C18H26N2O3S/c1-12-4-8-16(9-5-12)20(24(3,22)23)13(2)18(21)19-17-11-14-6-7-15(17)10-14/h4-5,8-9,13-15,17H,6-7,10-11H2,1-3H3,(H,19,21)/t13-,14-,15-,17-/m1/s1. The second-order valence-electron chi connectivity index (χ2n) is 7.36. The summed E-state index contributed by atoms with van der Waals surface area (Å²) >= 11 is 0. The van der Waals surface area contributed by atoms with Gasteiger partial charge in [-0.2, -0.15) is 0 Å². The summed E-state index contributed by atoms with van der Waals surface area (Å²) in [6.45, 7) is 3.60. The average molecular weight is 350 g/mol. The monoisotopic (exact) mass is 350 g/mol. The molecule has 1 aromatic carbocycles. The molecule has 0 aliphatic heterocycles. The molecule has 1 aromatic rings. The molecule has 0 spiro atoms. The molecule has 0 aromatic heterocycles. The molecule has 0 unspecified atom stereocenters. The quantitative estimate of drug-likeness (QED) is 0.887. The van der Waals surface area contributed by atoms with Gasteiger partial charge in [0, 0.05) is 6.04 Å². The van der Waals surface area contributed by atoms with Crippen LogP contribution in [0.2, 0.25) is 0 Å². The zero-order valence-electron chi connectivity index (χ0n) is 14.5. The number of hydrogen-bond acceptors (Lipinski definition) is 3. The van der Waals surface area contributed by atoms with Crippen LogP contribution in [0.15, 0.2) is 24.3 Å². The van der Waals surface area contributed by atoms with Crippen LogP contribution in [-0.2, 0) is 14.8 Å². The van der Waals surface area contributed by atoms with Crippen LogP contribution in [0.1, 0.15) is 38.2 Å². The minimum absolute atomic E-state index is 0.207. The Kier molecular flexibility index (Phi) is 4.60. The minimum Gasteiger partial charge on any atom is -0.351 e. The van der Waals surface area contributed by atoms with Gasteiger partial charge in [-0.1, -0.05) is 24.1 Å². The number of nitrogens with zero attached hydrogens (tertiary/aromatic N) is 1. The maximum Gasteiger partial charge on any atom is 0.243 e. The molecule has 2 saturated carbocycles. The van der Waals surface area contributed by atoms with Gasteiger partial charge < -0.3 is 5.32 Å². The summed E-state index contributed by atoms with van der Waals surface area (Å²) in [6.07, 6.45) is 5.83. The van der Waals surface area contributed by atoms with Gasteiger partial charge in [0.25, 0.3) is 0 Å². The number of hydrogen-bond donors (Lipinski definition) is 1. The number of benzene rings is 1. The molecule has 3 rings (SSSR count). The van der Waals surface area contributed by atoms with E-state index in [1.54, 1.807) is 19.1 Å². The Balaban J connectivity index is 1.77. The van der Waals surface area contributed by atoms with Crippen molar-refractivity contribution in [2.24, 2.45) is 11.8 Å². The van der Waals surface area contributed by atoms with Gasteiger partial charge in [0.15, 0.2) is 0 Å². The van der Waals surface area contributed by atoms with E-state index >= 15 is 0 Å². The molecular weight excluding hydrogens is 324 g/mol. The Morgan fingerprint density at radius 1 is 1.21 bits per heavy atom. The fraction of sp³-hybridized carbons (Fsp3) is 0.611. The van der Waals surface area contributed by atoms with Crippen molar-refractivity contribution < 1.29 is 13.2 Å². The predicted octanol–water partition coefficient (Wildman–Crippen LogP) is 2.45. The zero-order valence-corrected chi connectivity index (χ0v) is 15.3. The molecule has 2 fully saturated rings. The van der Waals surface area contributed by atoms with Gasteiger partial charge in [-0.25, -0.2) is 8.42 Å². The lowest BCUT2D eigenvalue weighted by Gasteiger charge is -2.31. The number of fused-ring (bicyclic) bond motifs is 2. The van der Waals surface area contributed by atoms with Crippen LogP contribution >= 0.6 is 0 Å². The van der Waals surface area contributed by atoms with Gasteiger partial charge in [-0.15, -0.1) is 0 Å². The SMILES string of the molecule is Cc1ccc(N([C@H](C)C(=O)N[C@@H]2C[C@@H]3CC[C@@H]2C3)S(C)(=O)=O)cc1. The fourth-order valence-corrected chi connectivity index (χ4v) is 5.40. The summed E-state index contributed by atoms with van der Waals surface area (Å²) in [4.78, 5) is 12.7. The third-order valence-corrected chi connectivity index (χ3v) is 6.68. The van der Waals surface area contributed by atoms with Gasteiger partial charge in [-0.05, 0) is 57.1 Å². The van der Waals surface area contributed by atoms with Crippen molar-refractivity contribution in [3.63, 3.8) is 0 Å². The van der Waals surface area contributed by atoms with E-state index in [1.165, 1.54) is 23.6 Å². The summed E-state index contributed by atoms with van der Waals surface area (Å²) < 4.78 is 25.8. The molecular formula is C18H26N2O3S. The van der Waals surface area contributed by atoms with Crippen LogP contribution < -0.4 is 9.62 Å². The van der Waals surface area contributed by atoms with Gasteiger partial charge in [0.2, 0.25) is 15.9 Å². The van der Waals surface area contributed by atoms with E-state index in [4.69, 9.17) is 0 Å². The highest BCUT2D eigenvalue weighted by atomic mass is 32.2. The molecule has 1 N–H and O–H groups in total. The van der Waals surface area contributed by atoms with E-state index in [0.717, 1.165) is 24.2 Å². The largest absolute Gasteiger partial charge is 0.351 e. The molecule has 0 heterocycles. The Morgan fingerprint density at radius 3 is 2.38 bits per heavy atom. The van der Waals surface area contributed by atoms with Crippen molar-refractivity contribution in [1.82, 2.24) is 5.32 Å². The predicted molar refractivity (Wildman–Crippen MR) is 95.3 cm³/mol. The Morgan fingerprint density at radius 2 is 1.88 bits per heavy atom. The van der Waals surface area contributed by atoms with E-state index in [1.807, 2.05) is 19.1 Å². The molecule has 24 heavy (non-hydrogen) atoms. The number of nitrogens with one attached hydrogen (secondary N) is 1. The smallest absolute Gasteiger partial charge is 0.243 e. The summed E-state index contributed by atoms with van der Waals surface area (Å²) in [5.74, 6) is 1.09. The first-order valence-corrected chi connectivity index (χ1v) is 10.5. The first kappa shape index (κ1) is 17.3. The Bertz CT molecular complexity index is 714. The first-order valence-electron chi connectivity index (χ1n) is 8.62. The van der Waals surface area contributed by atoms with Crippen LogP contribution in [0.25, 0.3) is 0 Å². The Hall–Kier alpha value is -1.56. The Labute approximate surface area is 144 Å². The number of sulfonamides is 1. The van der Waals surface area contributed by atoms with Gasteiger partial charge in [0.1, 0.15) is 6.04 Å². The fourth-order valence-electron chi connectivity index (χ4n) is 4.23. The van der Waals surface area contributed by atoms with E-state index < -0.39 is 16.1 Å². The molecule has 1 amide bonds. The topological polar surface area (TPSA) is 66.5 Å². The molecule has 6 heteroatoms. The molecule has 2 aliphatic rings. The highest BCUT2D eigenvalue weighted by Crippen LogP contribution is 2.44. The van der Waals surface area contributed by atoms with Crippen LogP contribution in [-0.4, -0.2) is 32.7 Å². The zero-order chi connectivity index (χ0) is 17.5. The lowest BCUT2D eigenvalue weighted by atomic mass is 9.95. The number of carbonyl (C=O) groups excluding carboxylic acids is 1. The number of rotatable bonds is 5. The first-order chi connectivity index (χ1) is 11.3. The van der Waals surface area contributed by atoms with E-state index in [0.29, 0.717) is 11.6 Å². The number of anilines is 1. The van der Waals surface area contributed by atoms with Crippen molar-refractivity contribution >= 4 is 21.6 Å². The van der Waals surface area contributed by atoms with Crippen LogP contribution in [0.3, 0.4) is 0 Å².